The Morgan fingerprint density at radius 1 is 1.05 bits per heavy atom. The molecule has 8 nitrogen and oxygen atoms in total. The molecule has 0 saturated carbocycles. The van der Waals surface area contributed by atoms with E-state index < -0.39 is 22.0 Å². The molecule has 0 aliphatic heterocycles. The molecular formula is C30H30N2O6S. The maximum absolute atomic E-state index is 13.1. The molecule has 0 aliphatic rings. The number of aliphatic carboxylic acids is 1. The second kappa shape index (κ2) is 12.1. The monoisotopic (exact) mass is 546 g/mol. The highest BCUT2D eigenvalue weighted by Gasteiger charge is 2.27. The van der Waals surface area contributed by atoms with Crippen molar-refractivity contribution in [2.75, 3.05) is 13.7 Å². The predicted molar refractivity (Wildman–Crippen MR) is 150 cm³/mol. The zero-order valence-corrected chi connectivity index (χ0v) is 22.8. The molecule has 1 heterocycles. The van der Waals surface area contributed by atoms with E-state index in [0.717, 1.165) is 22.0 Å². The van der Waals surface area contributed by atoms with Gasteiger partial charge in [0.05, 0.1) is 12.0 Å². The van der Waals surface area contributed by atoms with E-state index >= 15 is 0 Å². The summed E-state index contributed by atoms with van der Waals surface area (Å²) >= 11 is 0. The van der Waals surface area contributed by atoms with E-state index in [1.807, 2.05) is 60.2 Å². The first-order valence-electron chi connectivity index (χ1n) is 12.3. The van der Waals surface area contributed by atoms with Crippen LogP contribution in [0.5, 0.6) is 11.5 Å². The van der Waals surface area contributed by atoms with Crippen molar-refractivity contribution in [3.05, 3.63) is 89.6 Å². The Morgan fingerprint density at radius 2 is 1.77 bits per heavy atom. The number of carbonyl (C=O) groups is 1. The van der Waals surface area contributed by atoms with Gasteiger partial charge in [-0.25, -0.2) is 8.42 Å². The first kappa shape index (κ1) is 27.8. The minimum absolute atomic E-state index is 0.0596. The Kier molecular flexibility index (Phi) is 8.59. The number of carboxylic acids is 1. The van der Waals surface area contributed by atoms with Crippen molar-refractivity contribution in [2.45, 2.75) is 37.8 Å². The van der Waals surface area contributed by atoms with Gasteiger partial charge in [-0.05, 0) is 73.0 Å². The van der Waals surface area contributed by atoms with Crippen molar-refractivity contribution in [1.29, 1.82) is 0 Å². The molecule has 39 heavy (non-hydrogen) atoms. The van der Waals surface area contributed by atoms with Gasteiger partial charge in [0.15, 0.2) is 0 Å². The van der Waals surface area contributed by atoms with Crippen molar-refractivity contribution in [2.24, 2.45) is 0 Å². The van der Waals surface area contributed by atoms with Crippen LogP contribution in [0.3, 0.4) is 0 Å². The standard InChI is InChI=1S/C30H30N2O6S/c1-4-5-16-38-24-10-13-26(14-11-24)39(35,36)31-28(30(33)34)17-23-20-32(19-22-9-7-6-8-21(22)2)29-15-12-25(37-3)18-27(23)29/h6-15,18,20,28,31H,16-17,19H2,1-3H3,(H,33,34)/t28-/m0/s1. The fourth-order valence-electron chi connectivity index (χ4n) is 4.30. The topological polar surface area (TPSA) is 107 Å². The fourth-order valence-corrected chi connectivity index (χ4v) is 5.49. The first-order valence-corrected chi connectivity index (χ1v) is 13.8. The fraction of sp³-hybridized carbons (Fsp3) is 0.233. The Bertz CT molecular complexity index is 1650. The molecular weight excluding hydrogens is 516 g/mol. The maximum Gasteiger partial charge on any atom is 0.322 e. The molecule has 1 atom stereocenters. The van der Waals surface area contributed by atoms with Crippen LogP contribution >= 0.6 is 0 Å². The highest BCUT2D eigenvalue weighted by Crippen LogP contribution is 2.28. The highest BCUT2D eigenvalue weighted by atomic mass is 32.2. The van der Waals surface area contributed by atoms with Gasteiger partial charge in [-0.2, -0.15) is 4.72 Å². The van der Waals surface area contributed by atoms with E-state index in [-0.39, 0.29) is 17.9 Å². The first-order chi connectivity index (χ1) is 18.7. The smallest absolute Gasteiger partial charge is 0.322 e. The number of sulfonamides is 1. The van der Waals surface area contributed by atoms with Crippen LogP contribution < -0.4 is 14.2 Å². The molecule has 4 rings (SSSR count). The Morgan fingerprint density at radius 3 is 2.44 bits per heavy atom. The number of nitrogens with one attached hydrogen (secondary N) is 1. The summed E-state index contributed by atoms with van der Waals surface area (Å²) in [4.78, 5) is 12.2. The quantitative estimate of drug-likeness (QED) is 0.271. The molecule has 0 fully saturated rings. The zero-order chi connectivity index (χ0) is 28.0. The van der Waals surface area contributed by atoms with Gasteiger partial charge in [0, 0.05) is 30.1 Å². The summed E-state index contributed by atoms with van der Waals surface area (Å²) in [6.07, 6.45) is 1.82. The van der Waals surface area contributed by atoms with Crippen molar-refractivity contribution >= 4 is 26.9 Å². The lowest BCUT2D eigenvalue weighted by molar-refractivity contribution is -0.138. The van der Waals surface area contributed by atoms with Gasteiger partial charge in [-0.15, -0.1) is 5.92 Å². The lowest BCUT2D eigenvalue weighted by Gasteiger charge is -2.15. The molecule has 202 valence electrons. The predicted octanol–water partition coefficient (Wildman–Crippen LogP) is 4.38. The van der Waals surface area contributed by atoms with Gasteiger partial charge in [-0.3, -0.25) is 4.79 Å². The number of aryl methyl sites for hydroxylation is 1. The second-order valence-corrected chi connectivity index (χ2v) is 10.7. The average Bonchev–Trinajstić information content (AvgIpc) is 3.26. The Balaban J connectivity index is 1.62. The van der Waals surface area contributed by atoms with Crippen LogP contribution in [-0.4, -0.2) is 43.8 Å². The maximum atomic E-state index is 13.1. The summed E-state index contributed by atoms with van der Waals surface area (Å²) in [5, 5.41) is 10.8. The SMILES string of the molecule is CC#CCOc1ccc(S(=O)(=O)N[C@@H](Cc2cn(Cc3ccccc3C)c3ccc(OC)cc23)C(=O)O)cc1. The molecule has 1 aromatic heterocycles. The van der Waals surface area contributed by atoms with Gasteiger partial charge in [0.2, 0.25) is 10.0 Å². The second-order valence-electron chi connectivity index (χ2n) is 8.99. The van der Waals surface area contributed by atoms with Crippen molar-refractivity contribution < 1.29 is 27.8 Å². The van der Waals surface area contributed by atoms with Crippen LogP contribution in [0.2, 0.25) is 0 Å². The third-order valence-corrected chi connectivity index (χ3v) is 7.90. The van der Waals surface area contributed by atoms with Crippen molar-refractivity contribution in [3.8, 4) is 23.3 Å². The number of fused-ring (bicyclic) bond motifs is 1. The molecule has 3 aromatic carbocycles. The number of ether oxygens (including phenoxy) is 2. The number of rotatable bonds is 11. The summed E-state index contributed by atoms with van der Waals surface area (Å²) < 4.78 is 41.4. The molecule has 0 aliphatic carbocycles. The molecule has 0 bridgehead atoms. The molecule has 2 N–H and O–H groups in total. The minimum atomic E-state index is -4.13. The van der Waals surface area contributed by atoms with E-state index in [9.17, 15) is 18.3 Å². The van der Waals surface area contributed by atoms with E-state index in [1.54, 1.807) is 14.0 Å². The molecule has 4 aromatic rings. The summed E-state index contributed by atoms with van der Waals surface area (Å²) in [6, 6.07) is 18.0. The van der Waals surface area contributed by atoms with E-state index in [2.05, 4.69) is 16.6 Å². The van der Waals surface area contributed by atoms with Crippen LogP contribution in [0.1, 0.15) is 23.6 Å². The summed E-state index contributed by atoms with van der Waals surface area (Å²) in [5.41, 5.74) is 3.85. The summed E-state index contributed by atoms with van der Waals surface area (Å²) in [5.74, 6) is 5.28. The van der Waals surface area contributed by atoms with Gasteiger partial charge < -0.3 is 19.1 Å². The van der Waals surface area contributed by atoms with Crippen LogP contribution in [0.4, 0.5) is 0 Å². The molecule has 0 spiro atoms. The number of benzene rings is 3. The highest BCUT2D eigenvalue weighted by molar-refractivity contribution is 7.89. The third kappa shape index (κ3) is 6.60. The van der Waals surface area contributed by atoms with Crippen molar-refractivity contribution in [1.82, 2.24) is 9.29 Å². The zero-order valence-electron chi connectivity index (χ0n) is 22.0. The van der Waals surface area contributed by atoms with E-state index in [4.69, 9.17) is 9.47 Å². The Labute approximate surface area is 228 Å². The number of hydrogen-bond donors (Lipinski definition) is 2. The van der Waals surface area contributed by atoms with Crippen LogP contribution in [0.15, 0.2) is 77.8 Å². The third-order valence-electron chi connectivity index (χ3n) is 6.41. The number of nitrogens with zero attached hydrogens (tertiary/aromatic N) is 1. The largest absolute Gasteiger partial charge is 0.497 e. The van der Waals surface area contributed by atoms with Gasteiger partial charge >= 0.3 is 5.97 Å². The Hall–Kier alpha value is -4.26. The number of methoxy groups -OCH3 is 1. The lowest BCUT2D eigenvalue weighted by atomic mass is 10.1. The van der Waals surface area contributed by atoms with Crippen LogP contribution in [0.25, 0.3) is 10.9 Å². The van der Waals surface area contributed by atoms with Gasteiger partial charge in [-0.1, -0.05) is 30.2 Å². The van der Waals surface area contributed by atoms with Crippen LogP contribution in [-0.2, 0) is 27.8 Å². The number of aromatic nitrogens is 1. The van der Waals surface area contributed by atoms with E-state index in [1.165, 1.54) is 24.3 Å². The van der Waals surface area contributed by atoms with Gasteiger partial charge in [0.25, 0.3) is 0 Å². The van der Waals surface area contributed by atoms with E-state index in [0.29, 0.717) is 23.6 Å². The molecule has 0 radical (unpaired) electrons. The lowest BCUT2D eigenvalue weighted by Crippen LogP contribution is -2.42. The normalized spacial score (nSPS) is 12.0. The van der Waals surface area contributed by atoms with Crippen LogP contribution in [0, 0.1) is 18.8 Å². The number of hydrogen-bond acceptors (Lipinski definition) is 5. The molecule has 0 amide bonds. The number of carboxylic acid groups (broad SMARTS) is 1. The molecule has 0 unspecified atom stereocenters. The summed E-state index contributed by atoms with van der Waals surface area (Å²) in [6.45, 7) is 4.50. The molecule has 9 heteroatoms. The van der Waals surface area contributed by atoms with Gasteiger partial charge in [0.1, 0.15) is 24.1 Å². The average molecular weight is 547 g/mol. The molecule has 0 saturated heterocycles. The minimum Gasteiger partial charge on any atom is -0.497 e. The van der Waals surface area contributed by atoms with Crippen molar-refractivity contribution in [3.63, 3.8) is 0 Å². The summed E-state index contributed by atoms with van der Waals surface area (Å²) in [7, 11) is -2.56.